The highest BCUT2D eigenvalue weighted by molar-refractivity contribution is 6.06. The molecule has 3 aromatic carbocycles. The monoisotopic (exact) mass is 314 g/mol. The van der Waals surface area contributed by atoms with Crippen molar-refractivity contribution in [2.45, 2.75) is 6.61 Å². The fourth-order valence-corrected chi connectivity index (χ4v) is 2.29. The van der Waals surface area contributed by atoms with Gasteiger partial charge in [0, 0.05) is 5.56 Å². The molecule has 0 fully saturated rings. The van der Waals surface area contributed by atoms with Crippen LogP contribution < -0.4 is 4.74 Å². The van der Waals surface area contributed by atoms with Crippen LogP contribution in [0.3, 0.4) is 0 Å². The smallest absolute Gasteiger partial charge is 0.185 e. The van der Waals surface area contributed by atoms with Crippen LogP contribution in [0.2, 0.25) is 0 Å². The molecule has 0 N–H and O–H groups in total. The van der Waals surface area contributed by atoms with Gasteiger partial charge in [0.25, 0.3) is 0 Å². The number of carbonyl (C=O) groups is 1. The second-order valence-electron chi connectivity index (χ2n) is 5.41. The molecule has 2 heteroatoms. The van der Waals surface area contributed by atoms with Gasteiger partial charge in [-0.2, -0.15) is 0 Å². The number of benzene rings is 3. The highest BCUT2D eigenvalue weighted by Gasteiger charge is 2.00. The number of ether oxygens (including phenoxy) is 1. The first-order valence-electron chi connectivity index (χ1n) is 7.85. The van der Waals surface area contributed by atoms with E-state index in [0.29, 0.717) is 12.2 Å². The minimum atomic E-state index is 0.00000383. The highest BCUT2D eigenvalue weighted by Crippen LogP contribution is 2.15. The van der Waals surface area contributed by atoms with Crippen molar-refractivity contribution in [3.63, 3.8) is 0 Å². The van der Waals surface area contributed by atoms with Gasteiger partial charge in [-0.3, -0.25) is 4.79 Å². The molecular weight excluding hydrogens is 296 g/mol. The lowest BCUT2D eigenvalue weighted by atomic mass is 10.1. The van der Waals surface area contributed by atoms with Gasteiger partial charge in [0.1, 0.15) is 12.4 Å². The van der Waals surface area contributed by atoms with Crippen molar-refractivity contribution in [3.05, 3.63) is 108 Å². The number of hydrogen-bond acceptors (Lipinski definition) is 2. The first-order chi connectivity index (χ1) is 11.8. The topological polar surface area (TPSA) is 26.3 Å². The molecule has 2 nitrogen and oxygen atoms in total. The van der Waals surface area contributed by atoms with Crippen molar-refractivity contribution in [2.24, 2.45) is 0 Å². The van der Waals surface area contributed by atoms with Crippen molar-refractivity contribution in [1.82, 2.24) is 0 Å². The molecule has 0 amide bonds. The Morgan fingerprint density at radius 1 is 0.792 bits per heavy atom. The molecule has 0 radical (unpaired) electrons. The van der Waals surface area contributed by atoms with Gasteiger partial charge in [-0.05, 0) is 29.3 Å². The van der Waals surface area contributed by atoms with Crippen molar-refractivity contribution in [3.8, 4) is 5.75 Å². The predicted molar refractivity (Wildman–Crippen MR) is 97.0 cm³/mol. The fourth-order valence-electron chi connectivity index (χ4n) is 2.29. The summed E-state index contributed by atoms with van der Waals surface area (Å²) in [5, 5.41) is 0. The van der Waals surface area contributed by atoms with E-state index < -0.39 is 0 Å². The summed E-state index contributed by atoms with van der Waals surface area (Å²) in [4.78, 5) is 12.0. The lowest BCUT2D eigenvalue weighted by molar-refractivity contribution is 0.104. The van der Waals surface area contributed by atoms with Gasteiger partial charge in [0.15, 0.2) is 5.78 Å². The summed E-state index contributed by atoms with van der Waals surface area (Å²) in [7, 11) is 0. The zero-order valence-electron chi connectivity index (χ0n) is 13.3. The van der Waals surface area contributed by atoms with Gasteiger partial charge in [-0.15, -0.1) is 0 Å². The van der Waals surface area contributed by atoms with Gasteiger partial charge in [-0.1, -0.05) is 78.9 Å². The highest BCUT2D eigenvalue weighted by atomic mass is 16.5. The fraction of sp³-hybridized carbons (Fsp3) is 0.0455. The second-order valence-corrected chi connectivity index (χ2v) is 5.41. The standard InChI is InChI=1S/C22H18O2/c23-22(20-9-5-2-6-10-20)16-13-18-11-14-21(15-12-18)24-17-19-7-3-1-4-8-19/h1-16H,17H2/b16-13-. The Balaban J connectivity index is 1.58. The molecule has 118 valence electrons. The maximum Gasteiger partial charge on any atom is 0.185 e. The lowest BCUT2D eigenvalue weighted by Crippen LogP contribution is -1.95. The second kappa shape index (κ2) is 7.93. The van der Waals surface area contributed by atoms with E-state index in [1.807, 2.05) is 91.0 Å². The summed E-state index contributed by atoms with van der Waals surface area (Å²) in [5.74, 6) is 0.811. The van der Waals surface area contributed by atoms with E-state index in [1.165, 1.54) is 0 Å². The van der Waals surface area contributed by atoms with Gasteiger partial charge >= 0.3 is 0 Å². The summed E-state index contributed by atoms with van der Waals surface area (Å²) in [6.07, 6.45) is 3.41. The molecule has 0 unspecified atom stereocenters. The van der Waals surface area contributed by atoms with Gasteiger partial charge < -0.3 is 4.74 Å². The molecule has 0 saturated carbocycles. The maximum absolute atomic E-state index is 12.0. The summed E-state index contributed by atoms with van der Waals surface area (Å²) >= 11 is 0. The average molecular weight is 314 g/mol. The minimum Gasteiger partial charge on any atom is -0.489 e. The van der Waals surface area contributed by atoms with Crippen LogP contribution >= 0.6 is 0 Å². The Morgan fingerprint density at radius 2 is 1.42 bits per heavy atom. The van der Waals surface area contributed by atoms with E-state index >= 15 is 0 Å². The summed E-state index contributed by atoms with van der Waals surface area (Å²) in [5.41, 5.74) is 2.79. The predicted octanol–water partition coefficient (Wildman–Crippen LogP) is 5.16. The normalized spacial score (nSPS) is 10.7. The van der Waals surface area contributed by atoms with Crippen LogP contribution in [0.15, 0.2) is 91.0 Å². The van der Waals surface area contributed by atoms with E-state index in [9.17, 15) is 4.79 Å². The Bertz CT molecular complexity index is 804. The SMILES string of the molecule is O=C(/C=C\c1ccc(OCc2ccccc2)cc1)c1ccccc1. The Hall–Kier alpha value is -3.13. The molecule has 0 aliphatic carbocycles. The van der Waals surface area contributed by atoms with E-state index in [-0.39, 0.29) is 5.78 Å². The van der Waals surface area contributed by atoms with Crippen molar-refractivity contribution < 1.29 is 9.53 Å². The van der Waals surface area contributed by atoms with Gasteiger partial charge in [-0.25, -0.2) is 0 Å². The summed E-state index contributed by atoms with van der Waals surface area (Å²) < 4.78 is 5.75. The Morgan fingerprint density at radius 3 is 2.08 bits per heavy atom. The molecule has 0 aromatic heterocycles. The van der Waals surface area contributed by atoms with Gasteiger partial charge in [0.2, 0.25) is 0 Å². The van der Waals surface area contributed by atoms with Gasteiger partial charge in [0.05, 0.1) is 0 Å². The van der Waals surface area contributed by atoms with Crippen molar-refractivity contribution >= 4 is 11.9 Å². The van der Waals surface area contributed by atoms with Crippen LogP contribution in [0, 0.1) is 0 Å². The average Bonchev–Trinajstić information content (AvgIpc) is 2.67. The first-order valence-corrected chi connectivity index (χ1v) is 7.85. The van der Waals surface area contributed by atoms with Crippen LogP contribution in [0.4, 0.5) is 0 Å². The largest absolute Gasteiger partial charge is 0.489 e. The third-order valence-corrected chi connectivity index (χ3v) is 3.61. The Labute approximate surface area is 142 Å². The van der Waals surface area contributed by atoms with Crippen molar-refractivity contribution in [2.75, 3.05) is 0 Å². The molecular formula is C22H18O2. The number of hydrogen-bond donors (Lipinski definition) is 0. The molecule has 3 rings (SSSR count). The van der Waals surface area contributed by atoms with Crippen LogP contribution in [0.25, 0.3) is 6.08 Å². The molecule has 3 aromatic rings. The quantitative estimate of drug-likeness (QED) is 0.464. The molecule has 24 heavy (non-hydrogen) atoms. The first kappa shape index (κ1) is 15.8. The zero-order valence-corrected chi connectivity index (χ0v) is 13.3. The minimum absolute atomic E-state index is 0.00000383. The molecule has 0 bridgehead atoms. The van der Waals surface area contributed by atoms with E-state index in [2.05, 4.69) is 0 Å². The number of ketones is 1. The lowest BCUT2D eigenvalue weighted by Gasteiger charge is -2.06. The van der Waals surface area contributed by atoms with Crippen LogP contribution in [0.1, 0.15) is 21.5 Å². The van der Waals surface area contributed by atoms with Crippen LogP contribution in [-0.4, -0.2) is 5.78 Å². The van der Waals surface area contributed by atoms with E-state index in [1.54, 1.807) is 6.08 Å². The molecule has 0 aliphatic rings. The van der Waals surface area contributed by atoms with Crippen LogP contribution in [-0.2, 0) is 6.61 Å². The molecule has 0 saturated heterocycles. The van der Waals surface area contributed by atoms with Crippen molar-refractivity contribution in [1.29, 1.82) is 0 Å². The maximum atomic E-state index is 12.0. The Kier molecular flexibility index (Phi) is 5.21. The van der Waals surface area contributed by atoms with E-state index in [0.717, 1.165) is 16.9 Å². The number of allylic oxidation sites excluding steroid dienone is 1. The number of carbonyl (C=O) groups excluding carboxylic acids is 1. The molecule has 0 atom stereocenters. The summed E-state index contributed by atoms with van der Waals surface area (Å²) in [6, 6.07) is 27.0. The summed E-state index contributed by atoms with van der Waals surface area (Å²) in [6.45, 7) is 0.544. The van der Waals surface area contributed by atoms with E-state index in [4.69, 9.17) is 4.74 Å². The number of rotatable bonds is 6. The third kappa shape index (κ3) is 4.43. The molecule has 0 aliphatic heterocycles. The van der Waals surface area contributed by atoms with Crippen LogP contribution in [0.5, 0.6) is 5.75 Å². The third-order valence-electron chi connectivity index (χ3n) is 3.61. The molecule has 0 heterocycles. The molecule has 0 spiro atoms. The zero-order chi connectivity index (χ0) is 16.6.